The van der Waals surface area contributed by atoms with Gasteiger partial charge in [-0.15, -0.1) is 0 Å². The maximum Gasteiger partial charge on any atom is 0.306 e. The number of carbonyl (C=O) groups excluding carboxylic acids is 3. The summed E-state index contributed by atoms with van der Waals surface area (Å²) in [5, 5.41) is 10.3. The highest BCUT2D eigenvalue weighted by molar-refractivity contribution is 6.07. The van der Waals surface area contributed by atoms with E-state index in [1.165, 1.54) is 0 Å². The second-order valence-electron chi connectivity index (χ2n) is 11.4. The van der Waals surface area contributed by atoms with Gasteiger partial charge in [-0.1, -0.05) is 13.8 Å². The van der Waals surface area contributed by atoms with Gasteiger partial charge in [-0.3, -0.25) is 14.4 Å². The number of nitrogens with zero attached hydrogens (tertiary/aromatic N) is 1. The minimum Gasteiger partial charge on any atom is -0.458 e. The van der Waals surface area contributed by atoms with Gasteiger partial charge in [-0.2, -0.15) is 5.26 Å². The molecule has 6 aliphatic rings. The lowest BCUT2D eigenvalue weighted by atomic mass is 9.40. The fourth-order valence-corrected chi connectivity index (χ4v) is 9.64. The summed E-state index contributed by atoms with van der Waals surface area (Å²) in [6.45, 7) is 4.51. The predicted octanol–water partition coefficient (Wildman–Crippen LogP) is 3.60. The first-order chi connectivity index (χ1) is 13.7. The van der Waals surface area contributed by atoms with Crippen molar-refractivity contribution in [3.8, 4) is 6.07 Å². The first-order valence-electron chi connectivity index (χ1n) is 11.4. The normalized spacial score (nSPS) is 57.4. The summed E-state index contributed by atoms with van der Waals surface area (Å²) in [4.78, 5) is 38.4. The van der Waals surface area contributed by atoms with Crippen molar-refractivity contribution in [3.63, 3.8) is 0 Å². The smallest absolute Gasteiger partial charge is 0.306 e. The summed E-state index contributed by atoms with van der Waals surface area (Å²) in [6, 6.07) is 2.56. The van der Waals surface area contributed by atoms with Crippen molar-refractivity contribution in [1.29, 1.82) is 5.26 Å². The zero-order valence-electron chi connectivity index (χ0n) is 17.3. The zero-order valence-corrected chi connectivity index (χ0v) is 17.3. The van der Waals surface area contributed by atoms with E-state index >= 15 is 0 Å². The van der Waals surface area contributed by atoms with E-state index in [4.69, 9.17) is 4.74 Å². The van der Waals surface area contributed by atoms with E-state index in [2.05, 4.69) is 19.9 Å². The number of carbonyl (C=O) groups is 3. The average Bonchev–Trinajstić information content (AvgIpc) is 3.31. The van der Waals surface area contributed by atoms with Gasteiger partial charge in [0.15, 0.2) is 0 Å². The molecule has 5 nitrogen and oxygen atoms in total. The van der Waals surface area contributed by atoms with Crippen molar-refractivity contribution < 1.29 is 19.1 Å². The van der Waals surface area contributed by atoms with Crippen molar-refractivity contribution in [2.75, 3.05) is 0 Å². The van der Waals surface area contributed by atoms with Crippen LogP contribution in [-0.4, -0.2) is 23.1 Å². The molecular formula is C24H29NO4. The van der Waals surface area contributed by atoms with Crippen LogP contribution >= 0.6 is 0 Å². The van der Waals surface area contributed by atoms with Gasteiger partial charge in [0.1, 0.15) is 17.2 Å². The molecule has 6 fully saturated rings. The molecule has 29 heavy (non-hydrogen) atoms. The molecular weight excluding hydrogens is 366 g/mol. The zero-order chi connectivity index (χ0) is 20.4. The predicted molar refractivity (Wildman–Crippen MR) is 102 cm³/mol. The molecule has 0 aromatic rings. The van der Waals surface area contributed by atoms with Crippen LogP contribution in [0.4, 0.5) is 0 Å². The molecule has 0 aromatic carbocycles. The maximum absolute atomic E-state index is 13.6. The van der Waals surface area contributed by atoms with Gasteiger partial charge in [0.2, 0.25) is 0 Å². The molecule has 154 valence electrons. The first kappa shape index (κ1) is 18.1. The van der Waals surface area contributed by atoms with Crippen molar-refractivity contribution in [2.24, 2.45) is 45.8 Å². The van der Waals surface area contributed by atoms with Gasteiger partial charge in [0.25, 0.3) is 0 Å². The molecule has 5 aliphatic carbocycles. The molecule has 1 spiro atoms. The lowest BCUT2D eigenvalue weighted by Gasteiger charge is -2.62. The molecule has 5 heteroatoms. The molecule has 1 aliphatic heterocycles. The molecule has 0 N–H and O–H groups in total. The quantitative estimate of drug-likeness (QED) is 0.462. The molecule has 2 bridgehead atoms. The second-order valence-corrected chi connectivity index (χ2v) is 11.4. The van der Waals surface area contributed by atoms with Crippen LogP contribution in [0.5, 0.6) is 0 Å². The molecule has 1 saturated heterocycles. The monoisotopic (exact) mass is 395 g/mol. The Morgan fingerprint density at radius 1 is 0.966 bits per heavy atom. The number of ketones is 2. The largest absolute Gasteiger partial charge is 0.458 e. The number of fused-ring (bicyclic) bond motifs is 7. The van der Waals surface area contributed by atoms with Crippen molar-refractivity contribution in [3.05, 3.63) is 0 Å². The molecule has 9 atom stereocenters. The van der Waals surface area contributed by atoms with Gasteiger partial charge < -0.3 is 4.74 Å². The Labute approximate surface area is 171 Å². The lowest BCUT2D eigenvalue weighted by molar-refractivity contribution is -0.183. The van der Waals surface area contributed by atoms with Gasteiger partial charge in [-0.25, -0.2) is 0 Å². The van der Waals surface area contributed by atoms with E-state index in [9.17, 15) is 19.6 Å². The van der Waals surface area contributed by atoms with Gasteiger partial charge in [-0.05, 0) is 68.1 Å². The second kappa shape index (κ2) is 5.13. The maximum atomic E-state index is 13.6. The average molecular weight is 395 g/mol. The number of esters is 1. The standard InChI is InChI=1S/C24H29NO4/c1-21-8-5-16(26)19-20(28)13(11-23(19,21)12-25)18-14(21)3-7-22(2)15(18)4-9-24(22)10-6-17(27)29-24/h13-15,18-19H,3-11H2,1-2H3/t13-,14?,15?,18?,19+,21?,22?,23+,24-/m1/s1. The summed E-state index contributed by atoms with van der Waals surface area (Å²) in [5.41, 5.74) is -1.52. The Bertz CT molecular complexity index is 905. The summed E-state index contributed by atoms with van der Waals surface area (Å²) in [6.07, 6.45) is 6.89. The molecule has 6 rings (SSSR count). The topological polar surface area (TPSA) is 84.2 Å². The van der Waals surface area contributed by atoms with Crippen LogP contribution in [0.1, 0.15) is 71.6 Å². The summed E-state index contributed by atoms with van der Waals surface area (Å²) < 4.78 is 6.01. The van der Waals surface area contributed by atoms with E-state index in [1.54, 1.807) is 0 Å². The fraction of sp³-hybridized carbons (Fsp3) is 0.833. The Hall–Kier alpha value is -1.70. The molecule has 1 heterocycles. The van der Waals surface area contributed by atoms with Gasteiger partial charge in [0, 0.05) is 24.2 Å². The highest BCUT2D eigenvalue weighted by Crippen LogP contribution is 2.76. The fourth-order valence-electron chi connectivity index (χ4n) is 9.64. The van der Waals surface area contributed by atoms with Crippen LogP contribution in [0, 0.1) is 57.2 Å². The van der Waals surface area contributed by atoms with Crippen LogP contribution in [-0.2, 0) is 19.1 Å². The Balaban J connectivity index is 1.48. The van der Waals surface area contributed by atoms with E-state index in [-0.39, 0.29) is 45.8 Å². The van der Waals surface area contributed by atoms with Gasteiger partial charge in [0.05, 0.1) is 17.4 Å². The van der Waals surface area contributed by atoms with E-state index in [1.807, 2.05) is 0 Å². The highest BCUT2D eigenvalue weighted by Gasteiger charge is 2.77. The van der Waals surface area contributed by atoms with Crippen molar-refractivity contribution >= 4 is 17.5 Å². The minimum atomic E-state index is -0.797. The number of hydrogen-bond donors (Lipinski definition) is 0. The third-order valence-corrected chi connectivity index (χ3v) is 11.1. The van der Waals surface area contributed by atoms with Crippen molar-refractivity contribution in [1.82, 2.24) is 0 Å². The molecule has 5 unspecified atom stereocenters. The van der Waals surface area contributed by atoms with Crippen LogP contribution < -0.4 is 0 Å². The van der Waals surface area contributed by atoms with Gasteiger partial charge >= 0.3 is 5.97 Å². The number of ether oxygens (including phenoxy) is 1. The summed E-state index contributed by atoms with van der Waals surface area (Å²) in [5.74, 6) is -0.00952. The molecule has 5 saturated carbocycles. The lowest BCUT2D eigenvalue weighted by Crippen LogP contribution is -2.60. The van der Waals surface area contributed by atoms with Crippen LogP contribution in [0.3, 0.4) is 0 Å². The van der Waals surface area contributed by atoms with E-state index in [0.717, 1.165) is 38.5 Å². The molecule has 0 aromatic heterocycles. The van der Waals surface area contributed by atoms with Crippen LogP contribution in [0.2, 0.25) is 0 Å². The van der Waals surface area contributed by atoms with Crippen molar-refractivity contribution in [2.45, 2.75) is 77.2 Å². The Morgan fingerprint density at radius 2 is 1.69 bits per heavy atom. The third-order valence-electron chi connectivity index (χ3n) is 11.1. The highest BCUT2D eigenvalue weighted by atomic mass is 16.6. The summed E-state index contributed by atoms with van der Waals surface area (Å²) in [7, 11) is 0. The Morgan fingerprint density at radius 3 is 2.38 bits per heavy atom. The number of nitriles is 1. The third kappa shape index (κ3) is 1.71. The minimum absolute atomic E-state index is 0.00514. The van der Waals surface area contributed by atoms with Crippen LogP contribution in [0.15, 0.2) is 0 Å². The van der Waals surface area contributed by atoms with E-state index < -0.39 is 11.3 Å². The SMILES string of the molecule is CC12CCC3C(C1CC[C@@]21CCC(=O)O1)[C@H]1C[C@]2(C#N)[C@@H](C(=O)CCC32C)C1=O. The Kier molecular flexibility index (Phi) is 3.20. The molecule has 0 amide bonds. The number of hydrogen-bond acceptors (Lipinski definition) is 5. The first-order valence-corrected chi connectivity index (χ1v) is 11.4. The van der Waals surface area contributed by atoms with Crippen LogP contribution in [0.25, 0.3) is 0 Å². The number of rotatable bonds is 0. The summed E-state index contributed by atoms with van der Waals surface area (Å²) >= 11 is 0. The molecule has 0 radical (unpaired) electrons. The van der Waals surface area contributed by atoms with E-state index in [0.29, 0.717) is 31.1 Å². The number of Topliss-reactive ketones (excluding diaryl/α,β-unsaturated/α-hetero) is 2.